The van der Waals surface area contributed by atoms with Crippen LogP contribution in [0.5, 0.6) is 0 Å². The van der Waals surface area contributed by atoms with Gasteiger partial charge in [0.25, 0.3) is 11.8 Å². The Bertz CT molecular complexity index is 711. The van der Waals surface area contributed by atoms with Gasteiger partial charge in [0.1, 0.15) is 11.5 Å². The lowest BCUT2D eigenvalue weighted by atomic mass is 9.63. The van der Waals surface area contributed by atoms with E-state index in [1.807, 2.05) is 13.0 Å². The molecule has 3 fully saturated rings. The van der Waals surface area contributed by atoms with E-state index >= 15 is 0 Å². The first kappa shape index (κ1) is 12.4. The maximum Gasteiger partial charge on any atom is 0.254 e. The van der Waals surface area contributed by atoms with Crippen molar-refractivity contribution in [2.45, 2.75) is 13.3 Å². The SMILES string of the molecule is Cc1ccc(/C=N\N2C(=O)[C@H]3[C@@H]4C=C[C@H]([C@H]5C[C@H]45)[C@@H]3C2=O)o1. The predicted octanol–water partition coefficient (Wildman–Crippen LogP) is 1.98. The van der Waals surface area contributed by atoms with Crippen LogP contribution in [0.1, 0.15) is 17.9 Å². The Balaban J connectivity index is 1.46. The number of allylic oxidation sites excluding steroid dienone is 2. The molecule has 6 rings (SSSR count). The Morgan fingerprint density at radius 1 is 1.14 bits per heavy atom. The van der Waals surface area contributed by atoms with Gasteiger partial charge in [0.2, 0.25) is 0 Å². The lowest BCUT2D eigenvalue weighted by Gasteiger charge is -2.37. The normalized spacial score (nSPS) is 41.4. The molecule has 0 spiro atoms. The molecule has 5 nitrogen and oxygen atoms in total. The molecule has 0 radical (unpaired) electrons. The van der Waals surface area contributed by atoms with E-state index in [2.05, 4.69) is 17.3 Å². The first-order chi connectivity index (χ1) is 10.6. The number of imide groups is 1. The summed E-state index contributed by atoms with van der Waals surface area (Å²) in [5.74, 6) is 2.37. The number of hydrazone groups is 1. The van der Waals surface area contributed by atoms with Crippen LogP contribution in [-0.4, -0.2) is 23.0 Å². The summed E-state index contributed by atoms with van der Waals surface area (Å²) < 4.78 is 5.40. The average molecular weight is 296 g/mol. The highest BCUT2D eigenvalue weighted by Crippen LogP contribution is 2.65. The van der Waals surface area contributed by atoms with Gasteiger partial charge in [-0.2, -0.15) is 10.1 Å². The van der Waals surface area contributed by atoms with Crippen LogP contribution in [0.3, 0.4) is 0 Å². The zero-order valence-corrected chi connectivity index (χ0v) is 12.2. The first-order valence-corrected chi connectivity index (χ1v) is 7.82. The van der Waals surface area contributed by atoms with E-state index in [1.165, 1.54) is 12.6 Å². The third-order valence-electron chi connectivity index (χ3n) is 5.70. The van der Waals surface area contributed by atoms with Gasteiger partial charge in [-0.05, 0) is 49.1 Å². The fraction of sp³-hybridized carbons (Fsp3) is 0.471. The second kappa shape index (κ2) is 3.97. The highest BCUT2D eigenvalue weighted by molar-refractivity contribution is 6.06. The van der Waals surface area contributed by atoms with E-state index < -0.39 is 0 Å². The molecule has 112 valence electrons. The summed E-state index contributed by atoms with van der Waals surface area (Å²) in [6.45, 7) is 1.84. The van der Waals surface area contributed by atoms with Gasteiger partial charge in [-0.15, -0.1) is 0 Å². The third-order valence-corrected chi connectivity index (χ3v) is 5.70. The summed E-state index contributed by atoms with van der Waals surface area (Å²) in [5.41, 5.74) is 0. The molecule has 1 saturated heterocycles. The molecule has 2 amide bonds. The molecule has 22 heavy (non-hydrogen) atoms. The zero-order valence-electron chi connectivity index (χ0n) is 12.2. The van der Waals surface area contributed by atoms with E-state index in [-0.39, 0.29) is 35.5 Å². The summed E-state index contributed by atoms with van der Waals surface area (Å²) >= 11 is 0. The minimum Gasteiger partial charge on any atom is -0.460 e. The maximum absolute atomic E-state index is 12.7. The van der Waals surface area contributed by atoms with Crippen LogP contribution in [0.25, 0.3) is 0 Å². The summed E-state index contributed by atoms with van der Waals surface area (Å²) in [4.78, 5) is 25.3. The number of hydrogen-bond acceptors (Lipinski definition) is 4. The Labute approximate surface area is 127 Å². The van der Waals surface area contributed by atoms with Crippen molar-refractivity contribution in [1.82, 2.24) is 5.01 Å². The predicted molar refractivity (Wildman–Crippen MR) is 77.6 cm³/mol. The molecule has 1 aliphatic heterocycles. The average Bonchev–Trinajstić information content (AvgIpc) is 3.19. The number of hydrogen-bond donors (Lipinski definition) is 0. The number of amides is 2. The Morgan fingerprint density at radius 3 is 2.32 bits per heavy atom. The molecule has 2 bridgehead atoms. The minimum atomic E-state index is -0.193. The topological polar surface area (TPSA) is 62.9 Å². The van der Waals surface area contributed by atoms with E-state index in [1.54, 1.807) is 6.07 Å². The first-order valence-electron chi connectivity index (χ1n) is 7.82. The number of carbonyl (C=O) groups is 2. The van der Waals surface area contributed by atoms with Crippen molar-refractivity contribution in [2.24, 2.45) is 40.6 Å². The molecule has 5 heteroatoms. The Kier molecular flexibility index (Phi) is 2.23. The van der Waals surface area contributed by atoms with E-state index in [0.29, 0.717) is 17.6 Å². The van der Waals surface area contributed by atoms with Crippen LogP contribution >= 0.6 is 0 Å². The van der Waals surface area contributed by atoms with Crippen molar-refractivity contribution in [2.75, 3.05) is 0 Å². The fourth-order valence-corrected chi connectivity index (χ4v) is 4.69. The van der Waals surface area contributed by atoms with Crippen molar-refractivity contribution < 1.29 is 14.0 Å². The molecular weight excluding hydrogens is 280 g/mol. The molecule has 2 saturated carbocycles. The Morgan fingerprint density at radius 2 is 1.77 bits per heavy atom. The van der Waals surface area contributed by atoms with Gasteiger partial charge in [0.15, 0.2) is 0 Å². The summed E-state index contributed by atoms with van der Waals surface area (Å²) in [7, 11) is 0. The van der Waals surface area contributed by atoms with Crippen LogP contribution in [0.2, 0.25) is 0 Å². The van der Waals surface area contributed by atoms with Crippen LogP contribution in [-0.2, 0) is 9.59 Å². The molecule has 4 aliphatic carbocycles. The number of carbonyl (C=O) groups excluding carboxylic acids is 2. The molecule has 2 heterocycles. The molecule has 0 N–H and O–H groups in total. The smallest absolute Gasteiger partial charge is 0.254 e. The lowest BCUT2D eigenvalue weighted by Crippen LogP contribution is -2.40. The van der Waals surface area contributed by atoms with Crippen molar-refractivity contribution in [3.05, 3.63) is 35.8 Å². The highest BCUT2D eigenvalue weighted by atomic mass is 16.3. The van der Waals surface area contributed by atoms with Gasteiger partial charge < -0.3 is 4.42 Å². The quantitative estimate of drug-likeness (QED) is 0.476. The summed E-state index contributed by atoms with van der Waals surface area (Å²) in [6.07, 6.45) is 6.95. The molecule has 1 aromatic heterocycles. The van der Waals surface area contributed by atoms with Gasteiger partial charge in [0, 0.05) is 0 Å². The van der Waals surface area contributed by atoms with Gasteiger partial charge >= 0.3 is 0 Å². The van der Waals surface area contributed by atoms with Gasteiger partial charge in [-0.1, -0.05) is 12.2 Å². The standard InChI is InChI=1S/C17H16N2O3/c1-8-2-3-9(22-8)7-18-19-16(20)14-10-4-5-11(13-6-12(10)13)15(14)17(19)21/h2-5,7,10-15H,6H2,1H3/b18-7-/t10-,11-,12-,13-,14+,15+/m1/s1. The lowest BCUT2D eigenvalue weighted by molar-refractivity contribution is -0.140. The molecule has 1 aromatic rings. The van der Waals surface area contributed by atoms with Crippen molar-refractivity contribution in [1.29, 1.82) is 0 Å². The fourth-order valence-electron chi connectivity index (χ4n) is 4.69. The summed E-state index contributed by atoms with van der Waals surface area (Å²) in [6, 6.07) is 3.60. The monoisotopic (exact) mass is 296 g/mol. The van der Waals surface area contributed by atoms with E-state index in [0.717, 1.165) is 10.8 Å². The second-order valence-corrected chi connectivity index (χ2v) is 6.84. The number of furan rings is 1. The van der Waals surface area contributed by atoms with E-state index in [4.69, 9.17) is 4.42 Å². The molecule has 0 unspecified atom stereocenters. The molecule has 0 aromatic carbocycles. The Hall–Kier alpha value is -2.17. The largest absolute Gasteiger partial charge is 0.460 e. The van der Waals surface area contributed by atoms with Crippen LogP contribution in [0.15, 0.2) is 33.8 Å². The number of rotatable bonds is 2. The van der Waals surface area contributed by atoms with Gasteiger partial charge in [0.05, 0.1) is 18.1 Å². The van der Waals surface area contributed by atoms with Gasteiger partial charge in [-0.25, -0.2) is 0 Å². The zero-order chi connectivity index (χ0) is 15.0. The molecule has 5 aliphatic rings. The van der Waals surface area contributed by atoms with Crippen LogP contribution in [0.4, 0.5) is 0 Å². The molecular formula is C17H16N2O3. The second-order valence-electron chi connectivity index (χ2n) is 6.84. The van der Waals surface area contributed by atoms with Crippen LogP contribution < -0.4 is 0 Å². The van der Waals surface area contributed by atoms with Crippen LogP contribution in [0, 0.1) is 42.4 Å². The summed E-state index contributed by atoms with van der Waals surface area (Å²) in [5, 5.41) is 5.19. The highest BCUT2D eigenvalue weighted by Gasteiger charge is 2.67. The maximum atomic E-state index is 12.7. The van der Waals surface area contributed by atoms with Crippen molar-refractivity contribution >= 4 is 18.0 Å². The number of aryl methyl sites for hydroxylation is 1. The van der Waals surface area contributed by atoms with Gasteiger partial charge in [-0.3, -0.25) is 9.59 Å². The van der Waals surface area contributed by atoms with E-state index in [9.17, 15) is 9.59 Å². The van der Waals surface area contributed by atoms with Crippen molar-refractivity contribution in [3.8, 4) is 0 Å². The molecule has 6 atom stereocenters. The third kappa shape index (κ3) is 1.46. The number of nitrogens with zero attached hydrogens (tertiary/aromatic N) is 2. The van der Waals surface area contributed by atoms with Crippen molar-refractivity contribution in [3.63, 3.8) is 0 Å². The minimum absolute atomic E-state index is 0.140.